The van der Waals surface area contributed by atoms with E-state index in [2.05, 4.69) is 20.4 Å². The monoisotopic (exact) mass is 448 g/mol. The molecule has 3 heterocycles. The smallest absolute Gasteiger partial charge is 0.475 e. The molecule has 0 unspecified atom stereocenters. The normalized spacial score (nSPS) is 23.3. The Balaban J connectivity index is 0.000000423. The minimum Gasteiger partial charge on any atom is -0.475 e. The number of rotatable bonds is 5. The maximum atomic E-state index is 12.3. The summed E-state index contributed by atoms with van der Waals surface area (Å²) >= 11 is 0. The molecule has 1 aromatic heterocycles. The van der Waals surface area contributed by atoms with E-state index in [1.165, 1.54) is 0 Å². The van der Waals surface area contributed by atoms with Crippen molar-refractivity contribution in [2.45, 2.75) is 32.0 Å². The number of ether oxygens (including phenoxy) is 2. The number of aromatic nitrogens is 2. The van der Waals surface area contributed by atoms with E-state index < -0.39 is 12.1 Å². The molecule has 0 aromatic carbocycles. The summed E-state index contributed by atoms with van der Waals surface area (Å²) in [6.45, 7) is 5.32. The lowest BCUT2D eigenvalue weighted by atomic mass is 9.83. The second-order valence-electron chi connectivity index (χ2n) is 7.42. The molecule has 0 radical (unpaired) electrons. The molecule has 2 aliphatic rings. The van der Waals surface area contributed by atoms with Crippen molar-refractivity contribution < 1.29 is 37.3 Å². The number of halogens is 3. The van der Waals surface area contributed by atoms with Gasteiger partial charge in [-0.1, -0.05) is 0 Å². The predicted octanol–water partition coefficient (Wildman–Crippen LogP) is 1.41. The van der Waals surface area contributed by atoms with Gasteiger partial charge in [0.1, 0.15) is 0 Å². The number of nitrogens with zero attached hydrogens (tertiary/aromatic N) is 3. The minimum atomic E-state index is -5.08. The predicted molar refractivity (Wildman–Crippen MR) is 104 cm³/mol. The van der Waals surface area contributed by atoms with Crippen molar-refractivity contribution in [1.82, 2.24) is 15.5 Å². The number of anilines is 1. The summed E-state index contributed by atoms with van der Waals surface area (Å²) in [4.78, 5) is 23.4. The summed E-state index contributed by atoms with van der Waals surface area (Å²) in [5, 5.41) is 18.5. The summed E-state index contributed by atoms with van der Waals surface area (Å²) in [6.07, 6.45) is -3.00. The number of alkyl halides is 3. The first kappa shape index (κ1) is 24.8. The molecule has 2 N–H and O–H groups in total. The van der Waals surface area contributed by atoms with Crippen LogP contribution < -0.4 is 10.2 Å². The van der Waals surface area contributed by atoms with Crippen LogP contribution in [0.15, 0.2) is 12.1 Å². The number of carbonyl (C=O) groups is 2. The molecule has 3 rings (SSSR count). The molecule has 1 aromatic rings. The number of aryl methyl sites for hydroxylation is 1. The zero-order valence-electron chi connectivity index (χ0n) is 17.4. The Kier molecular flexibility index (Phi) is 8.99. The molecule has 2 fully saturated rings. The molecule has 0 spiro atoms. The zero-order chi connectivity index (χ0) is 23.0. The van der Waals surface area contributed by atoms with Crippen molar-refractivity contribution in [3.63, 3.8) is 0 Å². The molecule has 31 heavy (non-hydrogen) atoms. The van der Waals surface area contributed by atoms with Gasteiger partial charge in [0, 0.05) is 32.7 Å². The van der Waals surface area contributed by atoms with Gasteiger partial charge in [-0.2, -0.15) is 18.3 Å². The number of aliphatic carboxylic acids is 1. The summed E-state index contributed by atoms with van der Waals surface area (Å²) in [7, 11) is 1.63. The summed E-state index contributed by atoms with van der Waals surface area (Å²) in [6, 6.07) is 4.00. The fraction of sp³-hybridized carbons (Fsp3) is 0.684. The number of carbonyl (C=O) groups excluding carboxylic acids is 1. The molecule has 0 saturated carbocycles. The first-order valence-corrected chi connectivity index (χ1v) is 9.85. The Morgan fingerprint density at radius 1 is 1.35 bits per heavy atom. The Hall–Kier alpha value is -2.47. The fourth-order valence-corrected chi connectivity index (χ4v) is 3.50. The maximum Gasteiger partial charge on any atom is 0.490 e. The van der Waals surface area contributed by atoms with Crippen LogP contribution in [-0.2, 0) is 19.1 Å². The Morgan fingerprint density at radius 2 is 2.06 bits per heavy atom. The standard InChI is InChI=1S/C17H26N4O3.C2HF3O2/c1-12-3-4-16(20-19-12)21-7-5-15-13(10-21)9-14(11-24-15)17(22)18-6-8-23-2;3-2(4,5)1(6)7/h3-4,13-15H,5-11H2,1-2H3,(H,18,22);(H,6,7)/t13-,14-,15+;/m1./s1. The van der Waals surface area contributed by atoms with Gasteiger partial charge in [-0.25, -0.2) is 4.79 Å². The van der Waals surface area contributed by atoms with Crippen LogP contribution in [0, 0.1) is 18.8 Å². The molecule has 12 heteroatoms. The van der Waals surface area contributed by atoms with Crippen LogP contribution >= 0.6 is 0 Å². The molecular weight excluding hydrogens is 421 g/mol. The highest BCUT2D eigenvalue weighted by Gasteiger charge is 2.39. The Morgan fingerprint density at radius 3 is 2.65 bits per heavy atom. The number of carboxylic acid groups (broad SMARTS) is 1. The van der Waals surface area contributed by atoms with Gasteiger partial charge in [-0.05, 0) is 31.9 Å². The number of methoxy groups -OCH3 is 1. The number of hydrogen-bond donors (Lipinski definition) is 2. The average molecular weight is 448 g/mol. The van der Waals surface area contributed by atoms with Crippen molar-refractivity contribution in [2.24, 2.45) is 11.8 Å². The minimum absolute atomic E-state index is 0.0674. The second-order valence-corrected chi connectivity index (χ2v) is 7.42. The molecular formula is C19H27F3N4O5. The van der Waals surface area contributed by atoms with Crippen LogP contribution in [0.5, 0.6) is 0 Å². The molecule has 2 saturated heterocycles. The van der Waals surface area contributed by atoms with Gasteiger partial charge in [-0.15, -0.1) is 5.10 Å². The zero-order valence-corrected chi connectivity index (χ0v) is 17.4. The van der Waals surface area contributed by atoms with Crippen molar-refractivity contribution in [1.29, 1.82) is 0 Å². The number of fused-ring (bicyclic) bond motifs is 1. The number of hydrogen-bond acceptors (Lipinski definition) is 7. The number of amides is 1. The lowest BCUT2D eigenvalue weighted by molar-refractivity contribution is -0.192. The van der Waals surface area contributed by atoms with Gasteiger partial charge >= 0.3 is 12.1 Å². The van der Waals surface area contributed by atoms with E-state index in [0.29, 0.717) is 25.7 Å². The van der Waals surface area contributed by atoms with Crippen LogP contribution in [0.1, 0.15) is 18.5 Å². The second kappa shape index (κ2) is 11.2. The van der Waals surface area contributed by atoms with E-state index in [1.54, 1.807) is 7.11 Å². The van der Waals surface area contributed by atoms with Crippen LogP contribution in [-0.4, -0.2) is 79.4 Å². The van der Waals surface area contributed by atoms with Gasteiger partial charge < -0.3 is 24.8 Å². The summed E-state index contributed by atoms with van der Waals surface area (Å²) in [5.74, 6) is -1.50. The number of carboxylic acids is 1. The lowest BCUT2D eigenvalue weighted by Gasteiger charge is -2.43. The first-order valence-electron chi connectivity index (χ1n) is 9.85. The lowest BCUT2D eigenvalue weighted by Crippen LogP contribution is -2.51. The van der Waals surface area contributed by atoms with Gasteiger partial charge in [0.25, 0.3) is 0 Å². The third-order valence-electron chi connectivity index (χ3n) is 5.09. The molecule has 0 aliphatic carbocycles. The van der Waals surface area contributed by atoms with E-state index in [9.17, 15) is 18.0 Å². The van der Waals surface area contributed by atoms with Crippen LogP contribution in [0.3, 0.4) is 0 Å². The van der Waals surface area contributed by atoms with E-state index in [1.807, 2.05) is 19.1 Å². The van der Waals surface area contributed by atoms with Crippen LogP contribution in [0.2, 0.25) is 0 Å². The SMILES string of the molecule is COCCNC(=O)[C@H]1CO[C@H]2CCN(c3ccc(C)nn3)C[C@H]2C1.O=C(O)C(F)(F)F. The van der Waals surface area contributed by atoms with Crippen molar-refractivity contribution in [3.05, 3.63) is 17.8 Å². The molecule has 174 valence electrons. The summed E-state index contributed by atoms with van der Waals surface area (Å²) < 4.78 is 42.7. The molecule has 0 bridgehead atoms. The number of piperidine rings is 1. The molecule has 1 amide bonds. The number of nitrogens with one attached hydrogen (secondary N) is 1. The van der Waals surface area contributed by atoms with E-state index in [-0.39, 0.29) is 17.9 Å². The maximum absolute atomic E-state index is 12.3. The van der Waals surface area contributed by atoms with Gasteiger partial charge in [0.15, 0.2) is 5.82 Å². The van der Waals surface area contributed by atoms with Crippen LogP contribution in [0.25, 0.3) is 0 Å². The first-order chi connectivity index (χ1) is 14.6. The molecule has 3 atom stereocenters. The Labute approximate surface area is 177 Å². The van der Waals surface area contributed by atoms with Crippen molar-refractivity contribution in [3.8, 4) is 0 Å². The quantitative estimate of drug-likeness (QED) is 0.650. The van der Waals surface area contributed by atoms with Gasteiger partial charge in [0.2, 0.25) is 5.91 Å². The third kappa shape index (κ3) is 7.62. The van der Waals surface area contributed by atoms with Crippen molar-refractivity contribution in [2.75, 3.05) is 44.9 Å². The highest BCUT2D eigenvalue weighted by molar-refractivity contribution is 5.78. The third-order valence-corrected chi connectivity index (χ3v) is 5.09. The topological polar surface area (TPSA) is 114 Å². The summed E-state index contributed by atoms with van der Waals surface area (Å²) in [5.41, 5.74) is 0.919. The Bertz CT molecular complexity index is 732. The fourth-order valence-electron chi connectivity index (χ4n) is 3.50. The van der Waals surface area contributed by atoms with E-state index >= 15 is 0 Å². The highest BCUT2D eigenvalue weighted by atomic mass is 19.4. The molecule has 9 nitrogen and oxygen atoms in total. The largest absolute Gasteiger partial charge is 0.490 e. The van der Waals surface area contributed by atoms with E-state index in [0.717, 1.165) is 37.4 Å². The van der Waals surface area contributed by atoms with E-state index in [4.69, 9.17) is 19.4 Å². The van der Waals surface area contributed by atoms with Crippen LogP contribution in [0.4, 0.5) is 19.0 Å². The highest BCUT2D eigenvalue weighted by Crippen LogP contribution is 2.32. The van der Waals surface area contributed by atoms with Crippen molar-refractivity contribution >= 4 is 17.7 Å². The van der Waals surface area contributed by atoms with Gasteiger partial charge in [-0.3, -0.25) is 4.79 Å². The van der Waals surface area contributed by atoms with Gasteiger partial charge in [0.05, 0.1) is 30.9 Å². The average Bonchev–Trinajstić information content (AvgIpc) is 2.73. The molecule has 2 aliphatic heterocycles.